The van der Waals surface area contributed by atoms with Gasteiger partial charge in [0.1, 0.15) is 6.10 Å². The smallest absolute Gasteiger partial charge is 0.306 e. The largest absolute Gasteiger partial charge is 0.462 e. The molecule has 3 nitrogen and oxygen atoms in total. The van der Waals surface area contributed by atoms with Gasteiger partial charge in [-0.1, -0.05) is 48.2 Å². The molecule has 3 aliphatic rings. The van der Waals surface area contributed by atoms with Crippen LogP contribution in [0.15, 0.2) is 42.6 Å². The SMILES string of the molecule is O=C1C[C@H]2[C@@H]3CCCC[C@H]3[C@H](C=Cc3ccc(-c4cc(Cl)ccc4Cl)cn3)C[C@H]2O1. The molecule has 1 aliphatic heterocycles. The molecule has 0 bridgehead atoms. The van der Waals surface area contributed by atoms with Crippen LogP contribution in [0.3, 0.4) is 0 Å². The summed E-state index contributed by atoms with van der Waals surface area (Å²) >= 11 is 12.4. The van der Waals surface area contributed by atoms with Gasteiger partial charge in [0.05, 0.1) is 12.1 Å². The van der Waals surface area contributed by atoms with Gasteiger partial charge in [-0.25, -0.2) is 0 Å². The van der Waals surface area contributed by atoms with Gasteiger partial charge in [-0.2, -0.15) is 0 Å². The van der Waals surface area contributed by atoms with Gasteiger partial charge in [-0.15, -0.1) is 0 Å². The first-order valence-electron chi connectivity index (χ1n) is 10.9. The molecule has 0 N–H and O–H groups in total. The van der Waals surface area contributed by atoms with Gasteiger partial charge in [-0.05, 0) is 67.4 Å². The van der Waals surface area contributed by atoms with Gasteiger partial charge < -0.3 is 4.74 Å². The van der Waals surface area contributed by atoms with Crippen LogP contribution in [0.25, 0.3) is 17.2 Å². The topological polar surface area (TPSA) is 39.2 Å². The van der Waals surface area contributed by atoms with Crippen LogP contribution in [0.2, 0.25) is 10.0 Å². The zero-order valence-corrected chi connectivity index (χ0v) is 18.3. The third-order valence-electron chi connectivity index (χ3n) is 7.18. The van der Waals surface area contributed by atoms with E-state index in [9.17, 15) is 4.79 Å². The summed E-state index contributed by atoms with van der Waals surface area (Å²) in [5, 5.41) is 1.32. The van der Waals surface area contributed by atoms with E-state index in [1.165, 1.54) is 25.7 Å². The highest BCUT2D eigenvalue weighted by atomic mass is 35.5. The molecule has 5 atom stereocenters. The molecule has 2 aromatic rings. The van der Waals surface area contributed by atoms with Crippen molar-refractivity contribution < 1.29 is 9.53 Å². The van der Waals surface area contributed by atoms with E-state index in [0.717, 1.165) is 23.2 Å². The van der Waals surface area contributed by atoms with Crippen LogP contribution in [0, 0.1) is 23.7 Å². The number of halogens is 2. The van der Waals surface area contributed by atoms with Crippen LogP contribution in [0.5, 0.6) is 0 Å². The van der Waals surface area contributed by atoms with Crippen LogP contribution in [0.1, 0.15) is 44.2 Å². The predicted molar refractivity (Wildman–Crippen MR) is 120 cm³/mol. The lowest BCUT2D eigenvalue weighted by atomic mass is 9.60. The summed E-state index contributed by atoms with van der Waals surface area (Å²) in [6, 6.07) is 9.50. The van der Waals surface area contributed by atoms with Crippen molar-refractivity contribution in [2.45, 2.75) is 44.6 Å². The maximum atomic E-state index is 11.9. The number of fused-ring (bicyclic) bond motifs is 3. The molecule has 2 heterocycles. The van der Waals surface area contributed by atoms with Gasteiger partial charge in [0.25, 0.3) is 0 Å². The number of rotatable bonds is 3. The molecular weight excluding hydrogens is 417 g/mol. The van der Waals surface area contributed by atoms with Crippen molar-refractivity contribution in [3.8, 4) is 11.1 Å². The zero-order valence-electron chi connectivity index (χ0n) is 16.8. The number of pyridine rings is 1. The first kappa shape index (κ1) is 20.1. The second kappa shape index (κ2) is 8.36. The molecule has 5 heteroatoms. The molecule has 156 valence electrons. The molecule has 5 rings (SSSR count). The lowest BCUT2D eigenvalue weighted by Gasteiger charge is -2.45. The standard InChI is InChI=1S/C25H25Cl2NO2/c26-17-7-10-23(27)21(12-17)16-6-9-18(28-14-16)8-5-15-11-24-22(13-25(29)30-24)20-4-2-1-3-19(15)20/h5-10,12,14-15,19-20,22,24H,1-4,11,13H2/t15-,19+,20-,22+,24-/m1/s1. The van der Waals surface area contributed by atoms with Crippen molar-refractivity contribution in [3.05, 3.63) is 58.3 Å². The molecule has 0 radical (unpaired) electrons. The van der Waals surface area contributed by atoms with Gasteiger partial charge in [0.2, 0.25) is 0 Å². The second-order valence-electron chi connectivity index (χ2n) is 8.86. The van der Waals surface area contributed by atoms with E-state index < -0.39 is 0 Å². The Balaban J connectivity index is 1.34. The quantitative estimate of drug-likeness (QED) is 0.490. The summed E-state index contributed by atoms with van der Waals surface area (Å²) in [5.74, 6) is 2.17. The van der Waals surface area contributed by atoms with E-state index in [-0.39, 0.29) is 12.1 Å². The highest BCUT2D eigenvalue weighted by Crippen LogP contribution is 2.51. The van der Waals surface area contributed by atoms with Crippen molar-refractivity contribution in [2.24, 2.45) is 23.7 Å². The molecule has 0 spiro atoms. The summed E-state index contributed by atoms with van der Waals surface area (Å²) < 4.78 is 5.67. The third kappa shape index (κ3) is 3.90. The molecule has 3 fully saturated rings. The molecule has 2 saturated carbocycles. The van der Waals surface area contributed by atoms with E-state index in [2.05, 4.69) is 17.1 Å². The normalized spacial score (nSPS) is 30.7. The van der Waals surface area contributed by atoms with Crippen LogP contribution < -0.4 is 0 Å². The van der Waals surface area contributed by atoms with Crippen LogP contribution in [0.4, 0.5) is 0 Å². The number of nitrogens with zero attached hydrogens (tertiary/aromatic N) is 1. The minimum Gasteiger partial charge on any atom is -0.462 e. The first-order chi connectivity index (χ1) is 14.6. The fourth-order valence-corrected chi connectivity index (χ4v) is 6.20. The highest BCUT2D eigenvalue weighted by Gasteiger charge is 2.49. The highest BCUT2D eigenvalue weighted by molar-refractivity contribution is 6.35. The molecule has 30 heavy (non-hydrogen) atoms. The van der Waals surface area contributed by atoms with Gasteiger partial charge >= 0.3 is 5.97 Å². The summed E-state index contributed by atoms with van der Waals surface area (Å²) in [6.07, 6.45) is 13.0. The minimum atomic E-state index is -0.00381. The van der Waals surface area contributed by atoms with Crippen LogP contribution in [-0.4, -0.2) is 17.1 Å². The number of ether oxygens (including phenoxy) is 1. The van der Waals surface area contributed by atoms with Crippen molar-refractivity contribution in [1.29, 1.82) is 0 Å². The molecular formula is C25H25Cl2NO2. The number of allylic oxidation sites excluding steroid dienone is 1. The fraction of sp³-hybridized carbons (Fsp3) is 0.440. The van der Waals surface area contributed by atoms with Gasteiger partial charge in [0, 0.05) is 33.3 Å². The number of aromatic nitrogens is 1. The molecule has 1 saturated heterocycles. The van der Waals surface area contributed by atoms with E-state index in [0.29, 0.717) is 40.1 Å². The van der Waals surface area contributed by atoms with Crippen molar-refractivity contribution in [2.75, 3.05) is 0 Å². The van der Waals surface area contributed by atoms with E-state index in [1.54, 1.807) is 12.1 Å². The van der Waals surface area contributed by atoms with Crippen molar-refractivity contribution in [3.63, 3.8) is 0 Å². The fourth-order valence-electron chi connectivity index (χ4n) is 5.80. The van der Waals surface area contributed by atoms with E-state index >= 15 is 0 Å². The summed E-state index contributed by atoms with van der Waals surface area (Å²) in [6.45, 7) is 0. The molecule has 0 unspecified atom stereocenters. The Morgan fingerprint density at radius 1 is 1.03 bits per heavy atom. The number of carbonyl (C=O) groups excluding carboxylic acids is 1. The number of hydrogen-bond acceptors (Lipinski definition) is 3. The molecule has 0 amide bonds. The average molecular weight is 442 g/mol. The maximum Gasteiger partial charge on any atom is 0.306 e. The first-order valence-corrected chi connectivity index (χ1v) is 11.6. The summed E-state index contributed by atoms with van der Waals surface area (Å²) in [4.78, 5) is 16.5. The minimum absolute atomic E-state index is 0.00381. The van der Waals surface area contributed by atoms with Crippen LogP contribution >= 0.6 is 23.2 Å². The van der Waals surface area contributed by atoms with Gasteiger partial charge in [0.15, 0.2) is 0 Å². The van der Waals surface area contributed by atoms with E-state index in [1.807, 2.05) is 24.4 Å². The summed E-state index contributed by atoms with van der Waals surface area (Å²) in [5.41, 5.74) is 2.76. The Labute approximate surface area is 187 Å². The number of carbonyl (C=O) groups is 1. The van der Waals surface area contributed by atoms with Crippen LogP contribution in [-0.2, 0) is 9.53 Å². The molecule has 1 aromatic heterocycles. The third-order valence-corrected chi connectivity index (χ3v) is 7.75. The number of hydrogen-bond donors (Lipinski definition) is 0. The predicted octanol–water partition coefficient (Wildman–Crippen LogP) is 6.83. The van der Waals surface area contributed by atoms with Gasteiger partial charge in [-0.3, -0.25) is 9.78 Å². The Morgan fingerprint density at radius 2 is 1.87 bits per heavy atom. The Hall–Kier alpha value is -1.84. The molecule has 2 aliphatic carbocycles. The zero-order chi connectivity index (χ0) is 20.7. The number of esters is 1. The lowest BCUT2D eigenvalue weighted by molar-refractivity contribution is -0.143. The summed E-state index contributed by atoms with van der Waals surface area (Å²) in [7, 11) is 0. The number of benzene rings is 1. The Bertz CT molecular complexity index is 972. The maximum absolute atomic E-state index is 11.9. The second-order valence-corrected chi connectivity index (χ2v) is 9.71. The van der Waals surface area contributed by atoms with Crippen molar-refractivity contribution in [1.82, 2.24) is 4.98 Å². The Kier molecular flexibility index (Phi) is 5.59. The Morgan fingerprint density at radius 3 is 2.67 bits per heavy atom. The average Bonchev–Trinajstić information content (AvgIpc) is 3.14. The van der Waals surface area contributed by atoms with E-state index in [4.69, 9.17) is 27.9 Å². The monoisotopic (exact) mass is 441 g/mol. The lowest BCUT2D eigenvalue weighted by Crippen LogP contribution is -2.42. The molecule has 1 aromatic carbocycles. The van der Waals surface area contributed by atoms with Crippen molar-refractivity contribution >= 4 is 35.2 Å².